The SMILES string of the molecule is CCC(C)NC(=NCC(=O)N(C)C)N(C)Cc1ccccc1OC.I. The highest BCUT2D eigenvalue weighted by molar-refractivity contribution is 14.0. The summed E-state index contributed by atoms with van der Waals surface area (Å²) in [5, 5.41) is 3.38. The van der Waals surface area contributed by atoms with Crippen LogP contribution in [0.15, 0.2) is 29.3 Å². The molecule has 7 heteroatoms. The first kappa shape index (κ1) is 23.5. The quantitative estimate of drug-likeness (QED) is 0.385. The minimum absolute atomic E-state index is 0. The van der Waals surface area contributed by atoms with Crippen molar-refractivity contribution in [2.24, 2.45) is 4.99 Å². The number of hydrogen-bond acceptors (Lipinski definition) is 3. The number of para-hydroxylation sites is 1. The zero-order chi connectivity index (χ0) is 18.1. The molecular formula is C18H31IN4O2. The van der Waals surface area contributed by atoms with Gasteiger partial charge in [-0.05, 0) is 19.4 Å². The minimum atomic E-state index is -0.0239. The Morgan fingerprint density at radius 1 is 1.28 bits per heavy atom. The Morgan fingerprint density at radius 2 is 1.92 bits per heavy atom. The van der Waals surface area contributed by atoms with Gasteiger partial charge in [-0.15, -0.1) is 24.0 Å². The van der Waals surface area contributed by atoms with E-state index in [1.807, 2.05) is 36.2 Å². The molecule has 1 aromatic carbocycles. The highest BCUT2D eigenvalue weighted by Crippen LogP contribution is 2.18. The predicted molar refractivity (Wildman–Crippen MR) is 114 cm³/mol. The summed E-state index contributed by atoms with van der Waals surface area (Å²) in [6.45, 7) is 4.98. The summed E-state index contributed by atoms with van der Waals surface area (Å²) < 4.78 is 5.41. The first-order valence-corrected chi connectivity index (χ1v) is 8.23. The monoisotopic (exact) mass is 462 g/mol. The fraction of sp³-hybridized carbons (Fsp3) is 0.556. The van der Waals surface area contributed by atoms with Crippen molar-refractivity contribution in [3.8, 4) is 5.75 Å². The second kappa shape index (κ2) is 11.9. The van der Waals surface area contributed by atoms with Crippen molar-refractivity contribution in [3.05, 3.63) is 29.8 Å². The summed E-state index contributed by atoms with van der Waals surface area (Å²) in [6.07, 6.45) is 0.975. The van der Waals surface area contributed by atoms with Gasteiger partial charge in [0.05, 0.1) is 7.11 Å². The molecule has 6 nitrogen and oxygen atoms in total. The van der Waals surface area contributed by atoms with E-state index in [2.05, 4.69) is 24.2 Å². The average Bonchev–Trinajstić information content (AvgIpc) is 2.58. The fourth-order valence-corrected chi connectivity index (χ4v) is 2.05. The van der Waals surface area contributed by atoms with Gasteiger partial charge in [-0.25, -0.2) is 4.99 Å². The molecule has 0 aliphatic heterocycles. The number of carbonyl (C=O) groups excluding carboxylic acids is 1. The molecule has 25 heavy (non-hydrogen) atoms. The number of likely N-dealkylation sites (N-methyl/N-ethyl adjacent to an activating group) is 1. The molecule has 0 spiro atoms. The number of carbonyl (C=O) groups is 1. The van der Waals surface area contributed by atoms with Gasteiger partial charge in [0.25, 0.3) is 0 Å². The maximum Gasteiger partial charge on any atom is 0.243 e. The van der Waals surface area contributed by atoms with E-state index in [9.17, 15) is 4.79 Å². The first-order chi connectivity index (χ1) is 11.4. The van der Waals surface area contributed by atoms with E-state index >= 15 is 0 Å². The van der Waals surface area contributed by atoms with E-state index in [1.165, 1.54) is 0 Å². The zero-order valence-electron chi connectivity index (χ0n) is 16.1. The topological polar surface area (TPSA) is 57.2 Å². The van der Waals surface area contributed by atoms with Crippen LogP contribution in [0, 0.1) is 0 Å². The number of aliphatic imine (C=N–C) groups is 1. The maximum atomic E-state index is 11.8. The number of nitrogens with zero attached hydrogens (tertiary/aromatic N) is 3. The number of halogens is 1. The summed E-state index contributed by atoms with van der Waals surface area (Å²) in [7, 11) is 7.10. The van der Waals surface area contributed by atoms with Crippen molar-refractivity contribution in [2.45, 2.75) is 32.9 Å². The van der Waals surface area contributed by atoms with Gasteiger partial charge in [-0.2, -0.15) is 0 Å². The Kier molecular flexibility index (Phi) is 11.2. The van der Waals surface area contributed by atoms with Crippen molar-refractivity contribution < 1.29 is 9.53 Å². The van der Waals surface area contributed by atoms with Crippen LogP contribution in [0.1, 0.15) is 25.8 Å². The van der Waals surface area contributed by atoms with Crippen LogP contribution in [0.25, 0.3) is 0 Å². The standard InChI is InChI=1S/C18H30N4O2.HI/c1-7-14(2)20-18(19-12-17(23)21(3)4)22(5)13-15-10-8-9-11-16(15)24-6;/h8-11,14H,7,12-13H2,1-6H3,(H,19,20);1H. The van der Waals surface area contributed by atoms with Gasteiger partial charge < -0.3 is 19.9 Å². The Labute approximate surface area is 168 Å². The molecule has 0 aromatic heterocycles. The van der Waals surface area contributed by atoms with Gasteiger partial charge in [0.15, 0.2) is 5.96 Å². The van der Waals surface area contributed by atoms with Crippen molar-refractivity contribution >= 4 is 35.8 Å². The smallest absolute Gasteiger partial charge is 0.243 e. The van der Waals surface area contributed by atoms with Crippen molar-refractivity contribution in [1.82, 2.24) is 15.1 Å². The summed E-state index contributed by atoms with van der Waals surface area (Å²) in [4.78, 5) is 19.9. The number of benzene rings is 1. The van der Waals surface area contributed by atoms with Crippen molar-refractivity contribution in [3.63, 3.8) is 0 Å². The lowest BCUT2D eigenvalue weighted by Gasteiger charge is -2.26. The van der Waals surface area contributed by atoms with Crippen LogP contribution >= 0.6 is 24.0 Å². The predicted octanol–water partition coefficient (Wildman–Crippen LogP) is 2.58. The molecule has 0 bridgehead atoms. The molecule has 0 aliphatic carbocycles. The van der Waals surface area contributed by atoms with E-state index in [1.54, 1.807) is 26.1 Å². The number of methoxy groups -OCH3 is 1. The van der Waals surface area contributed by atoms with Crippen molar-refractivity contribution in [2.75, 3.05) is 34.8 Å². The summed E-state index contributed by atoms with van der Waals surface area (Å²) >= 11 is 0. The molecule has 1 unspecified atom stereocenters. The largest absolute Gasteiger partial charge is 0.496 e. The average molecular weight is 462 g/mol. The van der Waals surface area contributed by atoms with Gasteiger partial charge in [-0.1, -0.05) is 25.1 Å². The molecule has 1 N–H and O–H groups in total. The maximum absolute atomic E-state index is 11.8. The fourth-order valence-electron chi connectivity index (χ4n) is 2.05. The van der Waals surface area contributed by atoms with Crippen LogP contribution in [0.4, 0.5) is 0 Å². The number of nitrogens with one attached hydrogen (secondary N) is 1. The molecule has 0 heterocycles. The van der Waals surface area contributed by atoms with Crippen LogP contribution in [-0.2, 0) is 11.3 Å². The molecule has 1 aromatic rings. The second-order valence-corrected chi connectivity index (χ2v) is 6.05. The lowest BCUT2D eigenvalue weighted by molar-refractivity contribution is -0.127. The third-order valence-electron chi connectivity index (χ3n) is 3.81. The molecule has 1 amide bonds. The van der Waals surface area contributed by atoms with Gasteiger partial charge >= 0.3 is 0 Å². The van der Waals surface area contributed by atoms with Crippen LogP contribution < -0.4 is 10.1 Å². The van der Waals surface area contributed by atoms with Gasteiger partial charge in [0, 0.05) is 39.3 Å². The third kappa shape index (κ3) is 7.94. The number of guanidine groups is 1. The Balaban J connectivity index is 0.00000576. The number of ether oxygens (including phenoxy) is 1. The molecule has 0 saturated heterocycles. The van der Waals surface area contributed by atoms with E-state index < -0.39 is 0 Å². The van der Waals surface area contributed by atoms with Gasteiger partial charge in [-0.3, -0.25) is 4.79 Å². The number of hydrogen-bond donors (Lipinski definition) is 1. The number of amides is 1. The molecule has 1 atom stereocenters. The number of rotatable bonds is 7. The molecule has 0 aliphatic rings. The molecule has 1 rings (SSSR count). The minimum Gasteiger partial charge on any atom is -0.496 e. The Hall–Kier alpha value is -1.51. The van der Waals surface area contributed by atoms with Gasteiger partial charge in [0.2, 0.25) is 5.91 Å². The second-order valence-electron chi connectivity index (χ2n) is 6.05. The molecule has 0 fully saturated rings. The Bertz CT molecular complexity index is 564. The lowest BCUT2D eigenvalue weighted by Crippen LogP contribution is -2.43. The highest BCUT2D eigenvalue weighted by Gasteiger charge is 2.13. The summed E-state index contributed by atoms with van der Waals surface area (Å²) in [5.74, 6) is 1.53. The van der Waals surface area contributed by atoms with E-state index in [-0.39, 0.29) is 42.5 Å². The summed E-state index contributed by atoms with van der Waals surface area (Å²) in [5.41, 5.74) is 1.07. The van der Waals surface area contributed by atoms with E-state index in [0.29, 0.717) is 12.5 Å². The molecule has 0 saturated carbocycles. The van der Waals surface area contributed by atoms with Gasteiger partial charge in [0.1, 0.15) is 12.3 Å². The first-order valence-electron chi connectivity index (χ1n) is 8.23. The Morgan fingerprint density at radius 3 is 2.48 bits per heavy atom. The lowest BCUT2D eigenvalue weighted by atomic mass is 10.2. The van der Waals surface area contributed by atoms with Crippen molar-refractivity contribution in [1.29, 1.82) is 0 Å². The highest BCUT2D eigenvalue weighted by atomic mass is 127. The van der Waals surface area contributed by atoms with E-state index in [0.717, 1.165) is 17.7 Å². The normalized spacial score (nSPS) is 12.0. The zero-order valence-corrected chi connectivity index (χ0v) is 18.4. The van der Waals surface area contributed by atoms with Crippen LogP contribution in [-0.4, -0.2) is 62.5 Å². The third-order valence-corrected chi connectivity index (χ3v) is 3.81. The van der Waals surface area contributed by atoms with Crippen LogP contribution in [0.2, 0.25) is 0 Å². The molecule has 142 valence electrons. The molecular weight excluding hydrogens is 431 g/mol. The summed E-state index contributed by atoms with van der Waals surface area (Å²) in [6, 6.07) is 8.18. The molecule has 0 radical (unpaired) electrons. The van der Waals surface area contributed by atoms with Crippen LogP contribution in [0.3, 0.4) is 0 Å². The van der Waals surface area contributed by atoms with E-state index in [4.69, 9.17) is 4.74 Å². The van der Waals surface area contributed by atoms with Crippen LogP contribution in [0.5, 0.6) is 5.75 Å².